The monoisotopic (exact) mass is 502 g/mol. The first-order valence-electron chi connectivity index (χ1n) is 8.99. The van der Waals surface area contributed by atoms with Gasteiger partial charge in [0.25, 0.3) is 0 Å². The molecule has 0 spiro atoms. The fourth-order valence-corrected chi connectivity index (χ4v) is 2.64. The van der Waals surface area contributed by atoms with Crippen LogP contribution < -0.4 is 15.4 Å². The van der Waals surface area contributed by atoms with Gasteiger partial charge >= 0.3 is 0 Å². The second-order valence-electron chi connectivity index (χ2n) is 6.42. The molecule has 8 nitrogen and oxygen atoms in total. The number of aromatic nitrogens is 3. The van der Waals surface area contributed by atoms with Crippen molar-refractivity contribution in [2.24, 2.45) is 12.0 Å². The third kappa shape index (κ3) is 6.62. The Morgan fingerprint density at radius 2 is 2.00 bits per heavy atom. The van der Waals surface area contributed by atoms with Crippen molar-refractivity contribution in [2.75, 3.05) is 27.4 Å². The van der Waals surface area contributed by atoms with Crippen molar-refractivity contribution in [1.82, 2.24) is 25.4 Å². The van der Waals surface area contributed by atoms with Gasteiger partial charge in [0, 0.05) is 26.3 Å². The average molecular weight is 502 g/mol. The van der Waals surface area contributed by atoms with E-state index >= 15 is 0 Å². The predicted octanol–water partition coefficient (Wildman–Crippen LogP) is 2.50. The number of aryl methyl sites for hydroxylation is 2. The molecule has 2 aromatic rings. The molecule has 1 atom stereocenters. The van der Waals surface area contributed by atoms with E-state index in [1.807, 2.05) is 30.7 Å². The molecule has 0 radical (unpaired) electrons. The van der Waals surface area contributed by atoms with Crippen LogP contribution in [0.5, 0.6) is 5.75 Å². The fourth-order valence-electron chi connectivity index (χ4n) is 2.64. The van der Waals surface area contributed by atoms with E-state index in [1.54, 1.807) is 14.2 Å². The van der Waals surface area contributed by atoms with Crippen LogP contribution in [0, 0.1) is 13.8 Å². The molecule has 0 saturated carbocycles. The second kappa shape index (κ2) is 11.8. The maximum Gasteiger partial charge on any atom is 0.192 e. The predicted molar refractivity (Wildman–Crippen MR) is 121 cm³/mol. The number of nitrogens with zero attached hydrogens (tertiary/aromatic N) is 4. The minimum atomic E-state index is 0. The number of nitrogens with one attached hydrogen (secondary N) is 2. The number of hydrogen-bond acceptors (Lipinski definition) is 5. The summed E-state index contributed by atoms with van der Waals surface area (Å²) < 4.78 is 12.6. The van der Waals surface area contributed by atoms with Crippen LogP contribution in [0.4, 0.5) is 0 Å². The fraction of sp³-hybridized carbons (Fsp3) is 0.526. The van der Waals surface area contributed by atoms with Gasteiger partial charge in [-0.1, -0.05) is 17.7 Å². The molecule has 1 unspecified atom stereocenters. The van der Waals surface area contributed by atoms with Crippen LogP contribution in [0.1, 0.15) is 35.7 Å². The maximum atomic E-state index is 5.51. The minimum Gasteiger partial charge on any atom is -0.496 e. The quantitative estimate of drug-likeness (QED) is 0.250. The summed E-state index contributed by atoms with van der Waals surface area (Å²) in [5, 5.41) is 15.0. The lowest BCUT2D eigenvalue weighted by Gasteiger charge is -2.21. The van der Waals surface area contributed by atoms with Crippen molar-refractivity contribution >= 4 is 29.9 Å². The molecule has 2 N–H and O–H groups in total. The van der Waals surface area contributed by atoms with Gasteiger partial charge < -0.3 is 24.7 Å². The van der Waals surface area contributed by atoms with Gasteiger partial charge in [0.15, 0.2) is 11.8 Å². The molecule has 0 saturated heterocycles. The highest BCUT2D eigenvalue weighted by molar-refractivity contribution is 14.0. The molecular formula is C19H31IN6O2. The SMILES string of the molecule is COCCNC(=NCc1nnc(C)n1C)NC(C)c1cc(C)ccc1OC.I. The molecule has 0 aliphatic rings. The zero-order chi connectivity index (χ0) is 19.8. The lowest BCUT2D eigenvalue weighted by Crippen LogP contribution is -2.40. The smallest absolute Gasteiger partial charge is 0.192 e. The molecule has 28 heavy (non-hydrogen) atoms. The molecule has 1 heterocycles. The van der Waals surface area contributed by atoms with Gasteiger partial charge in [-0.15, -0.1) is 34.2 Å². The van der Waals surface area contributed by atoms with Gasteiger partial charge in [-0.2, -0.15) is 0 Å². The Morgan fingerprint density at radius 3 is 2.61 bits per heavy atom. The Labute approximate surface area is 184 Å². The van der Waals surface area contributed by atoms with Crippen molar-refractivity contribution < 1.29 is 9.47 Å². The van der Waals surface area contributed by atoms with Crippen molar-refractivity contribution in [2.45, 2.75) is 33.4 Å². The largest absolute Gasteiger partial charge is 0.496 e. The van der Waals surface area contributed by atoms with E-state index in [2.05, 4.69) is 45.7 Å². The summed E-state index contributed by atoms with van der Waals surface area (Å²) >= 11 is 0. The van der Waals surface area contributed by atoms with E-state index < -0.39 is 0 Å². The zero-order valence-electron chi connectivity index (χ0n) is 17.4. The third-order valence-electron chi connectivity index (χ3n) is 4.36. The molecule has 0 aliphatic carbocycles. The first-order valence-corrected chi connectivity index (χ1v) is 8.99. The number of guanidine groups is 1. The molecule has 0 bridgehead atoms. The topological polar surface area (TPSA) is 85.6 Å². The van der Waals surface area contributed by atoms with Crippen LogP contribution in [0.2, 0.25) is 0 Å². The maximum absolute atomic E-state index is 5.51. The Morgan fingerprint density at radius 1 is 1.25 bits per heavy atom. The summed E-state index contributed by atoms with van der Waals surface area (Å²) in [5.41, 5.74) is 2.26. The van der Waals surface area contributed by atoms with Crippen molar-refractivity contribution in [3.63, 3.8) is 0 Å². The van der Waals surface area contributed by atoms with Crippen LogP contribution in [0.25, 0.3) is 0 Å². The van der Waals surface area contributed by atoms with Gasteiger partial charge in [-0.3, -0.25) is 0 Å². The molecule has 9 heteroatoms. The first-order chi connectivity index (χ1) is 13.0. The molecule has 0 fully saturated rings. The normalized spacial score (nSPS) is 12.3. The standard InChI is InChI=1S/C19H30N6O2.HI/c1-13-7-8-17(27-6)16(11-13)14(2)22-19(20-9-10-26-5)21-12-18-24-23-15(3)25(18)4;/h7-8,11,14H,9-10,12H2,1-6H3,(H2,20,21,22);1H. The lowest BCUT2D eigenvalue weighted by molar-refractivity contribution is 0.203. The highest BCUT2D eigenvalue weighted by Gasteiger charge is 2.14. The van der Waals surface area contributed by atoms with Crippen molar-refractivity contribution in [3.05, 3.63) is 41.0 Å². The molecule has 1 aromatic heterocycles. The highest BCUT2D eigenvalue weighted by atomic mass is 127. The molecule has 0 amide bonds. The summed E-state index contributed by atoms with van der Waals surface area (Å²) in [6.45, 7) is 7.73. The number of ether oxygens (including phenoxy) is 2. The molecule has 1 aromatic carbocycles. The zero-order valence-corrected chi connectivity index (χ0v) is 19.8. The number of rotatable bonds is 8. The molecule has 0 aliphatic heterocycles. The van der Waals surface area contributed by atoms with Gasteiger partial charge in [-0.25, -0.2) is 4.99 Å². The van der Waals surface area contributed by atoms with E-state index in [9.17, 15) is 0 Å². The van der Waals surface area contributed by atoms with Crippen LogP contribution in [0.3, 0.4) is 0 Å². The minimum absolute atomic E-state index is 0. The summed E-state index contributed by atoms with van der Waals surface area (Å²) in [6.07, 6.45) is 0. The van der Waals surface area contributed by atoms with E-state index in [-0.39, 0.29) is 30.0 Å². The summed E-state index contributed by atoms with van der Waals surface area (Å²) in [7, 11) is 5.30. The number of aliphatic imine (C=N–C) groups is 1. The van der Waals surface area contributed by atoms with Crippen LogP contribution in [-0.2, 0) is 18.3 Å². The Balaban J connectivity index is 0.00000392. The Hall–Kier alpha value is -1.88. The summed E-state index contributed by atoms with van der Waals surface area (Å²) in [5.74, 6) is 3.20. The van der Waals surface area contributed by atoms with E-state index in [0.717, 1.165) is 23.0 Å². The first kappa shape index (κ1) is 24.2. The Kier molecular flexibility index (Phi) is 10.2. The molecule has 2 rings (SSSR count). The van der Waals surface area contributed by atoms with Gasteiger partial charge in [0.1, 0.15) is 18.1 Å². The van der Waals surface area contributed by atoms with Crippen molar-refractivity contribution in [1.29, 1.82) is 0 Å². The highest BCUT2D eigenvalue weighted by Crippen LogP contribution is 2.25. The lowest BCUT2D eigenvalue weighted by atomic mass is 10.0. The van der Waals surface area contributed by atoms with E-state index in [0.29, 0.717) is 25.7 Å². The molecular weight excluding hydrogens is 471 g/mol. The third-order valence-corrected chi connectivity index (χ3v) is 4.36. The molecule has 156 valence electrons. The number of benzene rings is 1. The van der Waals surface area contributed by atoms with Crippen LogP contribution in [0.15, 0.2) is 23.2 Å². The summed E-state index contributed by atoms with van der Waals surface area (Å²) in [4.78, 5) is 4.66. The van der Waals surface area contributed by atoms with Crippen LogP contribution >= 0.6 is 24.0 Å². The number of hydrogen-bond donors (Lipinski definition) is 2. The van der Waals surface area contributed by atoms with E-state index in [4.69, 9.17) is 9.47 Å². The average Bonchev–Trinajstić information content (AvgIpc) is 2.98. The van der Waals surface area contributed by atoms with E-state index in [1.165, 1.54) is 5.56 Å². The van der Waals surface area contributed by atoms with Gasteiger partial charge in [0.05, 0.1) is 19.8 Å². The Bertz CT molecular complexity index is 778. The summed E-state index contributed by atoms with van der Waals surface area (Å²) in [6, 6.07) is 6.15. The van der Waals surface area contributed by atoms with Gasteiger partial charge in [0.2, 0.25) is 0 Å². The number of halogens is 1. The number of methoxy groups -OCH3 is 2. The van der Waals surface area contributed by atoms with Crippen molar-refractivity contribution in [3.8, 4) is 5.75 Å². The van der Waals surface area contributed by atoms with Crippen LogP contribution in [-0.4, -0.2) is 48.1 Å². The second-order valence-corrected chi connectivity index (χ2v) is 6.42. The van der Waals surface area contributed by atoms with Gasteiger partial charge in [-0.05, 0) is 26.8 Å².